The predicted molar refractivity (Wildman–Crippen MR) is 73.7 cm³/mol. The number of aromatic nitrogens is 1. The maximum Gasteiger partial charge on any atom is 0.226 e. The molecule has 0 saturated carbocycles. The van der Waals surface area contributed by atoms with Crippen LogP contribution in [0.4, 0.5) is 0 Å². The van der Waals surface area contributed by atoms with Crippen molar-refractivity contribution in [2.24, 2.45) is 5.92 Å². The standard InChI is InChI=1S/C13H19N3O2S/c1-8-4-10(5-12(17)15-8)13(18)16(3)7-11-6-14-9(2)19-11/h6,8,10H,4-5,7H2,1-3H3,(H,15,17). The molecule has 0 aliphatic carbocycles. The SMILES string of the molecule is Cc1ncc(CN(C)C(=O)C2CC(=O)NC(C)C2)s1. The van der Waals surface area contributed by atoms with Crippen molar-refractivity contribution in [2.75, 3.05) is 7.05 Å². The van der Waals surface area contributed by atoms with E-state index in [4.69, 9.17) is 0 Å². The van der Waals surface area contributed by atoms with Crippen LogP contribution in [0.3, 0.4) is 0 Å². The Morgan fingerprint density at radius 2 is 2.37 bits per heavy atom. The summed E-state index contributed by atoms with van der Waals surface area (Å²) in [6, 6.07) is 0.0780. The van der Waals surface area contributed by atoms with E-state index in [1.807, 2.05) is 13.8 Å². The van der Waals surface area contributed by atoms with Gasteiger partial charge in [-0.2, -0.15) is 0 Å². The fraction of sp³-hybridized carbons (Fsp3) is 0.615. The Morgan fingerprint density at radius 1 is 1.63 bits per heavy atom. The van der Waals surface area contributed by atoms with Crippen molar-refractivity contribution in [1.29, 1.82) is 0 Å². The zero-order chi connectivity index (χ0) is 14.0. The first-order valence-corrected chi connectivity index (χ1v) is 7.23. The molecule has 2 rings (SSSR count). The van der Waals surface area contributed by atoms with Gasteiger partial charge < -0.3 is 10.2 Å². The first kappa shape index (κ1) is 14.0. The van der Waals surface area contributed by atoms with Gasteiger partial charge in [-0.3, -0.25) is 9.59 Å². The summed E-state index contributed by atoms with van der Waals surface area (Å²) in [6.45, 7) is 4.45. The van der Waals surface area contributed by atoms with E-state index in [0.717, 1.165) is 16.3 Å². The second-order valence-corrected chi connectivity index (χ2v) is 6.46. The Bertz CT molecular complexity index is 486. The average molecular weight is 281 g/mol. The lowest BCUT2D eigenvalue weighted by Crippen LogP contribution is -2.45. The third kappa shape index (κ3) is 3.53. The van der Waals surface area contributed by atoms with Crippen LogP contribution in [0.2, 0.25) is 0 Å². The molecule has 1 aliphatic rings. The van der Waals surface area contributed by atoms with Crippen molar-refractivity contribution in [3.8, 4) is 0 Å². The first-order chi connectivity index (χ1) is 8.95. The van der Waals surface area contributed by atoms with Crippen molar-refractivity contribution in [1.82, 2.24) is 15.2 Å². The van der Waals surface area contributed by atoms with Crippen molar-refractivity contribution in [2.45, 2.75) is 39.3 Å². The Hall–Kier alpha value is -1.43. The molecule has 0 radical (unpaired) electrons. The molecule has 104 valence electrons. The van der Waals surface area contributed by atoms with Gasteiger partial charge in [0, 0.05) is 36.5 Å². The van der Waals surface area contributed by atoms with Gasteiger partial charge in [0.2, 0.25) is 11.8 Å². The molecule has 5 nitrogen and oxygen atoms in total. The number of amides is 2. The molecule has 1 aromatic heterocycles. The highest BCUT2D eigenvalue weighted by Crippen LogP contribution is 2.21. The number of nitrogens with one attached hydrogen (secondary N) is 1. The van der Waals surface area contributed by atoms with Crippen LogP contribution >= 0.6 is 11.3 Å². The molecule has 19 heavy (non-hydrogen) atoms. The number of nitrogens with zero attached hydrogens (tertiary/aromatic N) is 2. The lowest BCUT2D eigenvalue weighted by atomic mass is 9.91. The average Bonchev–Trinajstić information content (AvgIpc) is 2.72. The van der Waals surface area contributed by atoms with Gasteiger partial charge >= 0.3 is 0 Å². The normalized spacial score (nSPS) is 23.0. The molecule has 1 saturated heterocycles. The second-order valence-electron chi connectivity index (χ2n) is 5.15. The van der Waals surface area contributed by atoms with E-state index >= 15 is 0 Å². The molecule has 0 aromatic carbocycles. The summed E-state index contributed by atoms with van der Waals surface area (Å²) in [5.74, 6) is -0.172. The summed E-state index contributed by atoms with van der Waals surface area (Å²) < 4.78 is 0. The van der Waals surface area contributed by atoms with Gasteiger partial charge in [-0.15, -0.1) is 11.3 Å². The van der Waals surface area contributed by atoms with Crippen LogP contribution in [-0.4, -0.2) is 34.8 Å². The second kappa shape index (κ2) is 5.69. The topological polar surface area (TPSA) is 62.3 Å². The number of piperidine rings is 1. The maximum absolute atomic E-state index is 12.3. The molecule has 2 heterocycles. The Morgan fingerprint density at radius 3 is 2.95 bits per heavy atom. The number of hydrogen-bond donors (Lipinski definition) is 1. The maximum atomic E-state index is 12.3. The van der Waals surface area contributed by atoms with E-state index in [1.165, 1.54) is 0 Å². The number of carbonyl (C=O) groups is 2. The largest absolute Gasteiger partial charge is 0.354 e. The minimum atomic E-state index is -0.192. The highest BCUT2D eigenvalue weighted by Gasteiger charge is 2.31. The van der Waals surface area contributed by atoms with Gasteiger partial charge in [0.25, 0.3) is 0 Å². The van der Waals surface area contributed by atoms with Crippen LogP contribution in [0.15, 0.2) is 6.20 Å². The van der Waals surface area contributed by atoms with Crippen LogP contribution in [0, 0.1) is 12.8 Å². The Balaban J connectivity index is 1.96. The van der Waals surface area contributed by atoms with Gasteiger partial charge in [-0.1, -0.05) is 0 Å². The summed E-state index contributed by atoms with van der Waals surface area (Å²) in [5.41, 5.74) is 0. The summed E-state index contributed by atoms with van der Waals surface area (Å²) >= 11 is 1.60. The lowest BCUT2D eigenvalue weighted by Gasteiger charge is -2.29. The minimum absolute atomic E-state index is 0.0286. The van der Waals surface area contributed by atoms with Gasteiger partial charge in [-0.05, 0) is 20.3 Å². The summed E-state index contributed by atoms with van der Waals surface area (Å²) in [4.78, 5) is 30.8. The van der Waals surface area contributed by atoms with Gasteiger partial charge in [0.15, 0.2) is 0 Å². The highest BCUT2D eigenvalue weighted by molar-refractivity contribution is 7.11. The van der Waals surface area contributed by atoms with Crippen LogP contribution < -0.4 is 5.32 Å². The molecule has 2 amide bonds. The third-order valence-electron chi connectivity index (χ3n) is 3.26. The molecule has 1 fully saturated rings. The molecule has 6 heteroatoms. The Labute approximate surface area is 117 Å². The molecule has 2 unspecified atom stereocenters. The van der Waals surface area contributed by atoms with E-state index in [0.29, 0.717) is 13.0 Å². The number of aryl methyl sites for hydroxylation is 1. The van der Waals surface area contributed by atoms with E-state index in [9.17, 15) is 9.59 Å². The Kier molecular flexibility index (Phi) is 4.19. The highest BCUT2D eigenvalue weighted by atomic mass is 32.1. The van der Waals surface area contributed by atoms with Gasteiger partial charge in [-0.25, -0.2) is 4.98 Å². The van der Waals surface area contributed by atoms with Gasteiger partial charge in [0.1, 0.15) is 0 Å². The molecule has 2 atom stereocenters. The predicted octanol–water partition coefficient (Wildman–Crippen LogP) is 1.32. The smallest absolute Gasteiger partial charge is 0.226 e. The molecule has 1 N–H and O–H groups in total. The van der Waals surface area contributed by atoms with Crippen molar-refractivity contribution < 1.29 is 9.59 Å². The molecular formula is C13H19N3O2S. The van der Waals surface area contributed by atoms with Crippen LogP contribution in [0.25, 0.3) is 0 Å². The van der Waals surface area contributed by atoms with Gasteiger partial charge in [0.05, 0.1) is 11.6 Å². The number of thiazole rings is 1. The summed E-state index contributed by atoms with van der Waals surface area (Å²) in [5, 5.41) is 3.84. The van der Waals surface area contributed by atoms with Crippen LogP contribution in [-0.2, 0) is 16.1 Å². The lowest BCUT2D eigenvalue weighted by molar-refractivity contribution is -0.140. The monoisotopic (exact) mass is 281 g/mol. The fourth-order valence-corrected chi connectivity index (χ4v) is 3.26. The van der Waals surface area contributed by atoms with Crippen molar-refractivity contribution >= 4 is 23.2 Å². The van der Waals surface area contributed by atoms with E-state index in [2.05, 4.69) is 10.3 Å². The number of carbonyl (C=O) groups excluding carboxylic acids is 2. The van der Waals surface area contributed by atoms with E-state index in [1.54, 1.807) is 29.5 Å². The number of hydrogen-bond acceptors (Lipinski definition) is 4. The fourth-order valence-electron chi connectivity index (χ4n) is 2.42. The molecule has 1 aromatic rings. The zero-order valence-electron chi connectivity index (χ0n) is 11.5. The van der Waals surface area contributed by atoms with Crippen molar-refractivity contribution in [3.63, 3.8) is 0 Å². The van der Waals surface area contributed by atoms with Crippen LogP contribution in [0.1, 0.15) is 29.7 Å². The van der Waals surface area contributed by atoms with E-state index < -0.39 is 0 Å². The third-order valence-corrected chi connectivity index (χ3v) is 4.16. The minimum Gasteiger partial charge on any atom is -0.354 e. The first-order valence-electron chi connectivity index (χ1n) is 6.41. The van der Waals surface area contributed by atoms with E-state index in [-0.39, 0.29) is 23.8 Å². The van der Waals surface area contributed by atoms with Crippen molar-refractivity contribution in [3.05, 3.63) is 16.1 Å². The number of rotatable bonds is 3. The molecule has 1 aliphatic heterocycles. The molecular weight excluding hydrogens is 262 g/mol. The summed E-state index contributed by atoms with van der Waals surface area (Å²) in [7, 11) is 1.79. The molecule has 0 spiro atoms. The van der Waals surface area contributed by atoms with Crippen LogP contribution in [0.5, 0.6) is 0 Å². The summed E-state index contributed by atoms with van der Waals surface area (Å²) in [6.07, 6.45) is 2.83. The molecule has 0 bridgehead atoms. The zero-order valence-corrected chi connectivity index (χ0v) is 12.3. The quantitative estimate of drug-likeness (QED) is 0.909.